The van der Waals surface area contributed by atoms with E-state index in [9.17, 15) is 9.50 Å². The molecule has 2 atom stereocenters. The minimum absolute atomic E-state index is 0.264. The molecular formula is C6H12FNO. The zero-order valence-corrected chi connectivity index (χ0v) is 5.52. The van der Waals surface area contributed by atoms with Gasteiger partial charge in [0.1, 0.15) is 6.17 Å². The molecule has 2 N–H and O–H groups in total. The molecule has 1 aliphatic rings. The minimum Gasteiger partial charge on any atom is -0.389 e. The number of rotatable bonds is 0. The van der Waals surface area contributed by atoms with Crippen LogP contribution in [-0.2, 0) is 0 Å². The molecule has 0 radical (unpaired) electrons. The molecule has 0 aromatic heterocycles. The van der Waals surface area contributed by atoms with Crippen molar-refractivity contribution in [2.75, 3.05) is 13.1 Å². The molecule has 1 saturated heterocycles. The Kier molecular flexibility index (Phi) is 1.73. The molecule has 0 aliphatic carbocycles. The standard InChI is InChI=1S/C6H12FNO/c1-6(9)2-5(7)3-8-4-6/h5,8-9H,2-4H2,1H3/t5-,6-/m1/s1. The molecule has 0 aromatic carbocycles. The van der Waals surface area contributed by atoms with E-state index in [-0.39, 0.29) is 6.42 Å². The second-order valence-electron chi connectivity index (χ2n) is 2.93. The van der Waals surface area contributed by atoms with Gasteiger partial charge in [0.25, 0.3) is 0 Å². The number of piperidine rings is 1. The second kappa shape index (κ2) is 2.23. The fraction of sp³-hybridized carbons (Fsp3) is 1.00. The van der Waals surface area contributed by atoms with E-state index in [1.165, 1.54) is 0 Å². The first-order chi connectivity index (χ1) is 4.10. The highest BCUT2D eigenvalue weighted by Gasteiger charge is 2.29. The maximum absolute atomic E-state index is 12.5. The molecule has 2 nitrogen and oxygen atoms in total. The van der Waals surface area contributed by atoms with Crippen LogP contribution in [0.5, 0.6) is 0 Å². The van der Waals surface area contributed by atoms with Crippen molar-refractivity contribution in [3.8, 4) is 0 Å². The van der Waals surface area contributed by atoms with Crippen LogP contribution in [0.4, 0.5) is 4.39 Å². The summed E-state index contributed by atoms with van der Waals surface area (Å²) in [4.78, 5) is 0. The van der Waals surface area contributed by atoms with E-state index >= 15 is 0 Å². The molecule has 0 unspecified atom stereocenters. The van der Waals surface area contributed by atoms with Crippen LogP contribution in [0.15, 0.2) is 0 Å². The molecule has 3 heteroatoms. The average Bonchev–Trinajstić information content (AvgIpc) is 1.60. The molecule has 0 bridgehead atoms. The van der Waals surface area contributed by atoms with Gasteiger partial charge in [-0.2, -0.15) is 0 Å². The number of hydrogen-bond donors (Lipinski definition) is 2. The number of alkyl halides is 1. The minimum atomic E-state index is -0.881. The van der Waals surface area contributed by atoms with Crippen LogP contribution in [-0.4, -0.2) is 30.0 Å². The third-order valence-corrected chi connectivity index (χ3v) is 1.53. The first kappa shape index (κ1) is 6.96. The SMILES string of the molecule is C[C@]1(O)CNC[C@H](F)C1. The monoisotopic (exact) mass is 133 g/mol. The lowest BCUT2D eigenvalue weighted by Crippen LogP contribution is -2.48. The molecule has 0 spiro atoms. The summed E-state index contributed by atoms with van der Waals surface area (Å²) in [5.41, 5.74) is -0.836. The lowest BCUT2D eigenvalue weighted by molar-refractivity contribution is 0.00569. The molecule has 1 fully saturated rings. The van der Waals surface area contributed by atoms with Crippen molar-refractivity contribution in [1.82, 2.24) is 5.32 Å². The van der Waals surface area contributed by atoms with Gasteiger partial charge in [0, 0.05) is 19.5 Å². The Bertz CT molecular complexity index is 105. The summed E-state index contributed by atoms with van der Waals surface area (Å²) in [5, 5.41) is 12.0. The molecule has 0 aromatic rings. The van der Waals surface area contributed by atoms with Gasteiger partial charge in [-0.25, -0.2) is 4.39 Å². The summed E-state index contributed by atoms with van der Waals surface area (Å²) in [5.74, 6) is 0. The third kappa shape index (κ3) is 1.91. The predicted octanol–water partition coefficient (Wildman–Crippen LogP) is 0.0688. The van der Waals surface area contributed by atoms with E-state index in [4.69, 9.17) is 0 Å². The van der Waals surface area contributed by atoms with Crippen LogP contribution in [0, 0.1) is 0 Å². The van der Waals surface area contributed by atoms with Gasteiger partial charge in [-0.3, -0.25) is 0 Å². The zero-order chi connectivity index (χ0) is 6.91. The van der Waals surface area contributed by atoms with E-state index in [1.807, 2.05) is 0 Å². The smallest absolute Gasteiger partial charge is 0.115 e. The molecule has 1 rings (SSSR count). The Morgan fingerprint density at radius 3 is 2.78 bits per heavy atom. The maximum Gasteiger partial charge on any atom is 0.115 e. The Morgan fingerprint density at radius 2 is 2.44 bits per heavy atom. The van der Waals surface area contributed by atoms with Gasteiger partial charge < -0.3 is 10.4 Å². The normalized spacial score (nSPS) is 45.0. The van der Waals surface area contributed by atoms with Crippen LogP contribution in [0.3, 0.4) is 0 Å². The van der Waals surface area contributed by atoms with Gasteiger partial charge >= 0.3 is 0 Å². The number of aliphatic hydroxyl groups is 1. The number of halogens is 1. The lowest BCUT2D eigenvalue weighted by atomic mass is 9.96. The van der Waals surface area contributed by atoms with E-state index in [0.29, 0.717) is 13.1 Å². The van der Waals surface area contributed by atoms with Gasteiger partial charge in [-0.1, -0.05) is 0 Å². The zero-order valence-electron chi connectivity index (χ0n) is 5.52. The van der Waals surface area contributed by atoms with E-state index in [0.717, 1.165) is 0 Å². The van der Waals surface area contributed by atoms with Gasteiger partial charge in [-0.05, 0) is 6.92 Å². The average molecular weight is 133 g/mol. The highest BCUT2D eigenvalue weighted by atomic mass is 19.1. The van der Waals surface area contributed by atoms with Crippen molar-refractivity contribution < 1.29 is 9.50 Å². The van der Waals surface area contributed by atoms with Gasteiger partial charge in [0.2, 0.25) is 0 Å². The topological polar surface area (TPSA) is 32.3 Å². The highest BCUT2D eigenvalue weighted by molar-refractivity contribution is 4.85. The summed E-state index contributed by atoms with van der Waals surface area (Å²) >= 11 is 0. The molecule has 1 heterocycles. The Morgan fingerprint density at radius 1 is 1.78 bits per heavy atom. The van der Waals surface area contributed by atoms with E-state index < -0.39 is 11.8 Å². The first-order valence-corrected chi connectivity index (χ1v) is 3.17. The summed E-state index contributed by atoms with van der Waals surface area (Å²) in [6.07, 6.45) is -0.617. The summed E-state index contributed by atoms with van der Waals surface area (Å²) < 4.78 is 12.5. The summed E-state index contributed by atoms with van der Waals surface area (Å²) in [6, 6.07) is 0. The van der Waals surface area contributed by atoms with Crippen molar-refractivity contribution >= 4 is 0 Å². The van der Waals surface area contributed by atoms with Gasteiger partial charge in [0.15, 0.2) is 0 Å². The largest absolute Gasteiger partial charge is 0.389 e. The fourth-order valence-electron chi connectivity index (χ4n) is 1.12. The number of hydrogen-bond acceptors (Lipinski definition) is 2. The van der Waals surface area contributed by atoms with Crippen LogP contribution < -0.4 is 5.32 Å². The number of β-amino-alcohol motifs (C(OH)–C–C–N with tert-alkyl or cyclic N) is 1. The Labute approximate surface area is 54.1 Å². The summed E-state index contributed by atoms with van der Waals surface area (Å²) in [7, 11) is 0. The van der Waals surface area contributed by atoms with Crippen LogP contribution in [0.2, 0.25) is 0 Å². The van der Waals surface area contributed by atoms with E-state index in [1.54, 1.807) is 6.92 Å². The van der Waals surface area contributed by atoms with Crippen molar-refractivity contribution in [3.63, 3.8) is 0 Å². The predicted molar refractivity (Wildman–Crippen MR) is 33.0 cm³/mol. The second-order valence-corrected chi connectivity index (χ2v) is 2.93. The summed E-state index contributed by atoms with van der Waals surface area (Å²) in [6.45, 7) is 2.54. The quantitative estimate of drug-likeness (QED) is 0.490. The molecule has 1 aliphatic heterocycles. The Balaban J connectivity index is 2.41. The molecule has 9 heavy (non-hydrogen) atoms. The van der Waals surface area contributed by atoms with Crippen LogP contribution >= 0.6 is 0 Å². The van der Waals surface area contributed by atoms with Crippen molar-refractivity contribution in [2.24, 2.45) is 0 Å². The number of nitrogens with one attached hydrogen (secondary N) is 1. The van der Waals surface area contributed by atoms with E-state index in [2.05, 4.69) is 5.32 Å². The van der Waals surface area contributed by atoms with Crippen molar-refractivity contribution in [2.45, 2.75) is 25.1 Å². The lowest BCUT2D eigenvalue weighted by Gasteiger charge is -2.30. The first-order valence-electron chi connectivity index (χ1n) is 3.17. The molecule has 0 amide bonds. The molecular weight excluding hydrogens is 121 g/mol. The highest BCUT2D eigenvalue weighted by Crippen LogP contribution is 2.16. The molecule has 54 valence electrons. The van der Waals surface area contributed by atoms with Crippen molar-refractivity contribution in [1.29, 1.82) is 0 Å². The van der Waals surface area contributed by atoms with Crippen LogP contribution in [0.1, 0.15) is 13.3 Å². The fourth-order valence-corrected chi connectivity index (χ4v) is 1.12. The van der Waals surface area contributed by atoms with Gasteiger partial charge in [0.05, 0.1) is 5.60 Å². The van der Waals surface area contributed by atoms with Crippen LogP contribution in [0.25, 0.3) is 0 Å². The van der Waals surface area contributed by atoms with Crippen molar-refractivity contribution in [3.05, 3.63) is 0 Å². The van der Waals surface area contributed by atoms with Gasteiger partial charge in [-0.15, -0.1) is 0 Å². The maximum atomic E-state index is 12.5. The Hall–Kier alpha value is -0.150. The third-order valence-electron chi connectivity index (χ3n) is 1.53. The molecule has 0 saturated carbocycles.